The number of hydrogen-bond donors (Lipinski definition) is 1. The van der Waals surface area contributed by atoms with Gasteiger partial charge in [0, 0.05) is 0 Å². The monoisotopic (exact) mass is 221 g/mol. The van der Waals surface area contributed by atoms with Crippen molar-refractivity contribution in [2.45, 2.75) is 53.4 Å². The van der Waals surface area contributed by atoms with Crippen LogP contribution in [0.1, 0.15) is 53.4 Å². The molecule has 0 amide bonds. The molecule has 1 fully saturated rings. The lowest BCUT2D eigenvalue weighted by Gasteiger charge is -2.56. The normalized spacial score (nSPS) is 42.4. The van der Waals surface area contributed by atoms with Gasteiger partial charge in [-0.2, -0.15) is 0 Å². The molecule has 1 unspecified atom stereocenters. The predicted molar refractivity (Wildman–Crippen MR) is 70.1 cm³/mol. The summed E-state index contributed by atoms with van der Waals surface area (Å²) < 4.78 is 0. The van der Waals surface area contributed by atoms with Gasteiger partial charge in [0.05, 0.1) is 0 Å². The van der Waals surface area contributed by atoms with E-state index in [1.54, 1.807) is 5.57 Å². The van der Waals surface area contributed by atoms with Crippen molar-refractivity contribution in [1.29, 1.82) is 0 Å². The maximum Gasteiger partial charge on any atom is -0.000625 e. The van der Waals surface area contributed by atoms with Crippen LogP contribution >= 0.6 is 0 Å². The molecule has 2 aliphatic carbocycles. The lowest BCUT2D eigenvalue weighted by Crippen LogP contribution is -2.50. The summed E-state index contributed by atoms with van der Waals surface area (Å²) in [6.07, 6.45) is 7.86. The largest absolute Gasteiger partial charge is 0.330 e. The molecule has 0 radical (unpaired) electrons. The lowest BCUT2D eigenvalue weighted by molar-refractivity contribution is -0.0343. The Bertz CT molecular complexity index is 303. The average Bonchev–Trinajstić information content (AvgIpc) is 2.15. The maximum atomic E-state index is 6.03. The Hall–Kier alpha value is -0.300. The van der Waals surface area contributed by atoms with Crippen molar-refractivity contribution in [3.8, 4) is 0 Å². The highest BCUT2D eigenvalue weighted by Gasteiger charge is 2.51. The topological polar surface area (TPSA) is 26.0 Å². The van der Waals surface area contributed by atoms with E-state index >= 15 is 0 Å². The number of allylic oxidation sites excluding steroid dienone is 1. The van der Waals surface area contributed by atoms with E-state index in [4.69, 9.17) is 5.73 Å². The Morgan fingerprint density at radius 3 is 2.62 bits per heavy atom. The fourth-order valence-electron chi connectivity index (χ4n) is 4.59. The molecule has 0 saturated heterocycles. The van der Waals surface area contributed by atoms with Gasteiger partial charge in [0.15, 0.2) is 0 Å². The van der Waals surface area contributed by atoms with Gasteiger partial charge in [0.1, 0.15) is 0 Å². The first kappa shape index (κ1) is 12.2. The van der Waals surface area contributed by atoms with E-state index in [0.29, 0.717) is 16.7 Å². The van der Waals surface area contributed by atoms with Gasteiger partial charge in [0.25, 0.3) is 0 Å². The zero-order valence-electron chi connectivity index (χ0n) is 11.3. The van der Waals surface area contributed by atoms with Crippen LogP contribution < -0.4 is 5.73 Å². The summed E-state index contributed by atoms with van der Waals surface area (Å²) in [4.78, 5) is 0. The zero-order chi connectivity index (χ0) is 12.0. The predicted octanol–water partition coefficient (Wildman–Crippen LogP) is 3.74. The second-order valence-electron chi connectivity index (χ2n) is 6.87. The van der Waals surface area contributed by atoms with Crippen LogP contribution in [0.3, 0.4) is 0 Å². The van der Waals surface area contributed by atoms with Crippen LogP contribution in [0.15, 0.2) is 11.6 Å². The zero-order valence-corrected chi connectivity index (χ0v) is 11.3. The highest BCUT2D eigenvalue weighted by molar-refractivity contribution is 5.18. The molecule has 92 valence electrons. The van der Waals surface area contributed by atoms with Gasteiger partial charge in [-0.15, -0.1) is 0 Å². The van der Waals surface area contributed by atoms with Crippen molar-refractivity contribution in [2.24, 2.45) is 28.4 Å². The summed E-state index contributed by atoms with van der Waals surface area (Å²) in [6.45, 7) is 10.5. The molecule has 16 heavy (non-hydrogen) atoms. The number of rotatable bonds is 1. The summed E-state index contributed by atoms with van der Waals surface area (Å²) >= 11 is 0. The third kappa shape index (κ3) is 1.64. The van der Waals surface area contributed by atoms with Crippen molar-refractivity contribution < 1.29 is 0 Å². The van der Waals surface area contributed by atoms with Crippen molar-refractivity contribution in [3.63, 3.8) is 0 Å². The number of fused-ring (bicyclic) bond motifs is 1. The van der Waals surface area contributed by atoms with Crippen LogP contribution in [-0.4, -0.2) is 6.54 Å². The SMILES string of the molecule is CC1=CCC2C(C)(C)CCC[C@]2(C)[C@H]1CN. The smallest absolute Gasteiger partial charge is 0.000625 e. The molecule has 0 aromatic heterocycles. The van der Waals surface area contributed by atoms with Crippen molar-refractivity contribution >= 4 is 0 Å². The molecule has 1 heteroatoms. The first-order chi connectivity index (χ1) is 7.42. The molecule has 3 atom stereocenters. The van der Waals surface area contributed by atoms with E-state index in [-0.39, 0.29) is 0 Å². The third-order valence-electron chi connectivity index (χ3n) is 5.53. The van der Waals surface area contributed by atoms with Crippen LogP contribution in [0.4, 0.5) is 0 Å². The Kier molecular flexibility index (Phi) is 2.94. The molecular formula is C15H27N. The van der Waals surface area contributed by atoms with Gasteiger partial charge in [-0.25, -0.2) is 0 Å². The van der Waals surface area contributed by atoms with Crippen LogP contribution in [0, 0.1) is 22.7 Å². The molecule has 0 heterocycles. The van der Waals surface area contributed by atoms with Crippen LogP contribution in [0.25, 0.3) is 0 Å². The third-order valence-corrected chi connectivity index (χ3v) is 5.53. The van der Waals surface area contributed by atoms with E-state index in [2.05, 4.69) is 33.8 Å². The van der Waals surface area contributed by atoms with Gasteiger partial charge in [-0.1, -0.05) is 38.8 Å². The lowest BCUT2D eigenvalue weighted by atomic mass is 9.49. The second-order valence-corrected chi connectivity index (χ2v) is 6.87. The fourth-order valence-corrected chi connectivity index (χ4v) is 4.59. The summed E-state index contributed by atoms with van der Waals surface area (Å²) in [5.41, 5.74) is 8.53. The standard InChI is InChI=1S/C15H27N/c1-11-6-7-13-14(2,3)8-5-9-15(13,4)12(11)10-16/h6,12-13H,5,7-10,16H2,1-4H3/t12-,13?,15+/m0/s1. The summed E-state index contributed by atoms with van der Waals surface area (Å²) in [6, 6.07) is 0. The molecule has 2 aliphatic rings. The molecule has 0 aromatic carbocycles. The van der Waals surface area contributed by atoms with E-state index in [0.717, 1.165) is 12.5 Å². The van der Waals surface area contributed by atoms with Gasteiger partial charge in [0.2, 0.25) is 0 Å². The number of nitrogens with two attached hydrogens (primary N) is 1. The summed E-state index contributed by atoms with van der Waals surface area (Å²) in [5, 5.41) is 0. The maximum absolute atomic E-state index is 6.03. The van der Waals surface area contributed by atoms with E-state index in [1.165, 1.54) is 25.7 Å². The minimum atomic E-state index is 0.454. The van der Waals surface area contributed by atoms with Gasteiger partial charge in [-0.3, -0.25) is 0 Å². The Morgan fingerprint density at radius 1 is 1.31 bits per heavy atom. The average molecular weight is 221 g/mol. The van der Waals surface area contributed by atoms with Crippen molar-refractivity contribution in [3.05, 3.63) is 11.6 Å². The fraction of sp³-hybridized carbons (Fsp3) is 0.867. The molecule has 2 rings (SSSR count). The first-order valence-electron chi connectivity index (χ1n) is 6.78. The van der Waals surface area contributed by atoms with Crippen LogP contribution in [-0.2, 0) is 0 Å². The van der Waals surface area contributed by atoms with E-state index < -0.39 is 0 Å². The van der Waals surface area contributed by atoms with E-state index in [1.807, 2.05) is 0 Å². The van der Waals surface area contributed by atoms with Gasteiger partial charge in [-0.05, 0) is 55.4 Å². The second kappa shape index (κ2) is 3.87. The van der Waals surface area contributed by atoms with Crippen LogP contribution in [0.5, 0.6) is 0 Å². The van der Waals surface area contributed by atoms with E-state index in [9.17, 15) is 0 Å². The highest BCUT2D eigenvalue weighted by Crippen LogP contribution is 2.59. The summed E-state index contributed by atoms with van der Waals surface area (Å²) in [5.74, 6) is 1.44. The highest BCUT2D eigenvalue weighted by atomic mass is 14.6. The molecule has 0 spiro atoms. The first-order valence-corrected chi connectivity index (χ1v) is 6.78. The van der Waals surface area contributed by atoms with Gasteiger partial charge >= 0.3 is 0 Å². The number of hydrogen-bond acceptors (Lipinski definition) is 1. The Morgan fingerprint density at radius 2 is 2.00 bits per heavy atom. The molecule has 0 aliphatic heterocycles. The molecule has 1 saturated carbocycles. The van der Waals surface area contributed by atoms with Crippen LogP contribution in [0.2, 0.25) is 0 Å². The van der Waals surface area contributed by atoms with Crippen molar-refractivity contribution in [1.82, 2.24) is 0 Å². The minimum Gasteiger partial charge on any atom is -0.330 e. The Balaban J connectivity index is 2.39. The van der Waals surface area contributed by atoms with Gasteiger partial charge < -0.3 is 5.73 Å². The minimum absolute atomic E-state index is 0.454. The molecule has 0 aromatic rings. The molecule has 2 N–H and O–H groups in total. The quantitative estimate of drug-likeness (QED) is 0.671. The van der Waals surface area contributed by atoms with Crippen molar-refractivity contribution in [2.75, 3.05) is 6.54 Å². The summed E-state index contributed by atoms with van der Waals surface area (Å²) in [7, 11) is 0. The molecular weight excluding hydrogens is 194 g/mol. The molecule has 1 nitrogen and oxygen atoms in total. The Labute approximate surface area is 100 Å². The molecule has 0 bridgehead atoms.